The van der Waals surface area contributed by atoms with Gasteiger partial charge in [0.15, 0.2) is 0 Å². The number of unbranched alkanes of at least 4 members (excludes halogenated alkanes) is 16. The van der Waals surface area contributed by atoms with Gasteiger partial charge in [-0.3, -0.25) is 0 Å². The topological polar surface area (TPSA) is 0 Å². The van der Waals surface area contributed by atoms with Crippen molar-refractivity contribution in [3.05, 3.63) is 0 Å². The maximum absolute atomic E-state index is 2.30. The Morgan fingerprint density at radius 3 is 1.17 bits per heavy atom. The first kappa shape index (κ1) is 22.0. The molecule has 1 saturated carbocycles. The lowest BCUT2D eigenvalue weighted by Gasteiger charge is -2.08. The van der Waals surface area contributed by atoms with Crippen LogP contribution in [0.25, 0.3) is 0 Å². The van der Waals surface area contributed by atoms with E-state index in [-0.39, 0.29) is 0 Å². The molecule has 0 heteroatoms. The molecule has 0 N–H and O–H groups in total. The van der Waals surface area contributed by atoms with Crippen molar-refractivity contribution in [3.8, 4) is 0 Å². The first-order valence-electron chi connectivity index (χ1n) is 11.9. The fourth-order valence-corrected chi connectivity index (χ4v) is 4.46. The Morgan fingerprint density at radius 2 is 0.792 bits per heavy atom. The monoisotopic (exact) mass is 336 g/mol. The van der Waals surface area contributed by atoms with Crippen molar-refractivity contribution in [2.45, 2.75) is 148 Å². The zero-order chi connectivity index (χ0) is 17.1. The maximum atomic E-state index is 2.30. The van der Waals surface area contributed by atoms with Gasteiger partial charge >= 0.3 is 0 Å². The zero-order valence-electron chi connectivity index (χ0n) is 17.1. The van der Waals surface area contributed by atoms with Crippen LogP contribution in [0.5, 0.6) is 0 Å². The van der Waals surface area contributed by atoms with Gasteiger partial charge in [0.2, 0.25) is 0 Å². The number of rotatable bonds is 18. The quantitative estimate of drug-likeness (QED) is 0.219. The van der Waals surface area contributed by atoms with Crippen LogP contribution >= 0.6 is 0 Å². The van der Waals surface area contributed by atoms with Crippen molar-refractivity contribution in [2.24, 2.45) is 5.92 Å². The first-order chi connectivity index (χ1) is 11.9. The molecule has 0 unspecified atom stereocenters. The van der Waals surface area contributed by atoms with Crippen molar-refractivity contribution in [2.75, 3.05) is 0 Å². The summed E-state index contributed by atoms with van der Waals surface area (Å²) in [5.41, 5.74) is 0. The highest BCUT2D eigenvalue weighted by Gasteiger charge is 2.13. The van der Waals surface area contributed by atoms with Crippen LogP contribution in [-0.4, -0.2) is 0 Å². The second-order valence-corrected chi connectivity index (χ2v) is 8.60. The predicted octanol–water partition coefficient (Wildman–Crippen LogP) is 9.22. The second kappa shape index (κ2) is 17.8. The van der Waals surface area contributed by atoms with Gasteiger partial charge in [-0.2, -0.15) is 0 Å². The molecule has 0 bridgehead atoms. The van der Waals surface area contributed by atoms with Gasteiger partial charge in [-0.1, -0.05) is 148 Å². The molecule has 1 aliphatic rings. The Balaban J connectivity index is 1.63. The Bertz CT molecular complexity index is 226. The molecule has 0 aromatic carbocycles. The molecule has 0 heterocycles. The van der Waals surface area contributed by atoms with E-state index in [9.17, 15) is 0 Å². The lowest BCUT2D eigenvalue weighted by atomic mass is 9.99. The van der Waals surface area contributed by atoms with Crippen molar-refractivity contribution in [3.63, 3.8) is 0 Å². The molecular weight excluding hydrogens is 288 g/mol. The van der Waals surface area contributed by atoms with Crippen molar-refractivity contribution in [1.82, 2.24) is 0 Å². The van der Waals surface area contributed by atoms with E-state index in [1.54, 1.807) is 19.3 Å². The highest BCUT2D eigenvalue weighted by atomic mass is 14.2. The lowest BCUT2D eigenvalue weighted by Crippen LogP contribution is -1.92. The average molecular weight is 337 g/mol. The van der Waals surface area contributed by atoms with E-state index in [1.165, 1.54) is 122 Å². The van der Waals surface area contributed by atoms with E-state index in [0.717, 1.165) is 5.92 Å². The summed E-state index contributed by atoms with van der Waals surface area (Å²) in [5, 5.41) is 0. The lowest BCUT2D eigenvalue weighted by molar-refractivity contribution is 0.459. The summed E-state index contributed by atoms with van der Waals surface area (Å²) in [5.74, 6) is 1.11. The summed E-state index contributed by atoms with van der Waals surface area (Å²) < 4.78 is 0. The largest absolute Gasteiger partial charge is 0.0654 e. The first-order valence-corrected chi connectivity index (χ1v) is 11.9. The Labute approximate surface area is 154 Å². The van der Waals surface area contributed by atoms with E-state index in [4.69, 9.17) is 0 Å². The number of hydrogen-bond donors (Lipinski definition) is 0. The second-order valence-electron chi connectivity index (χ2n) is 8.60. The van der Waals surface area contributed by atoms with E-state index >= 15 is 0 Å². The Morgan fingerprint density at radius 1 is 0.458 bits per heavy atom. The van der Waals surface area contributed by atoms with E-state index in [1.807, 2.05) is 0 Å². The fraction of sp³-hybridized carbons (Fsp3) is 1.00. The molecule has 0 radical (unpaired) electrons. The highest BCUT2D eigenvalue weighted by molar-refractivity contribution is 4.67. The van der Waals surface area contributed by atoms with Gasteiger partial charge in [0.05, 0.1) is 0 Å². The highest BCUT2D eigenvalue weighted by Crippen LogP contribution is 2.29. The summed E-state index contributed by atoms with van der Waals surface area (Å²) in [7, 11) is 0. The standard InChI is InChI=1S/C24H48/c1-2-3-4-5-6-7-8-9-10-11-12-13-14-15-16-17-18-21-24-22-19-20-23-24/h24H,2-23H2,1H3. The van der Waals surface area contributed by atoms with Crippen molar-refractivity contribution < 1.29 is 0 Å². The molecule has 24 heavy (non-hydrogen) atoms. The van der Waals surface area contributed by atoms with Crippen molar-refractivity contribution in [1.29, 1.82) is 0 Å². The number of hydrogen-bond acceptors (Lipinski definition) is 0. The molecule has 0 aliphatic heterocycles. The van der Waals surface area contributed by atoms with Gasteiger partial charge in [-0.15, -0.1) is 0 Å². The molecule has 1 rings (SSSR count). The van der Waals surface area contributed by atoms with Crippen LogP contribution < -0.4 is 0 Å². The van der Waals surface area contributed by atoms with Crippen LogP contribution in [0.1, 0.15) is 148 Å². The minimum atomic E-state index is 1.11. The molecule has 1 fully saturated rings. The van der Waals surface area contributed by atoms with Crippen LogP contribution in [0, 0.1) is 5.92 Å². The van der Waals surface area contributed by atoms with Gasteiger partial charge in [-0.05, 0) is 5.92 Å². The molecule has 0 saturated heterocycles. The SMILES string of the molecule is CCCCCCCCCCCCCCCCCCCC1CCCC1. The summed E-state index contributed by atoms with van der Waals surface area (Å²) in [6.45, 7) is 2.30. The van der Waals surface area contributed by atoms with Crippen molar-refractivity contribution >= 4 is 0 Å². The average Bonchev–Trinajstić information content (AvgIpc) is 3.11. The molecule has 0 aromatic heterocycles. The Kier molecular flexibility index (Phi) is 16.4. The smallest absolute Gasteiger partial charge is 0.0414 e. The molecule has 0 atom stereocenters. The van der Waals surface area contributed by atoms with E-state index in [0.29, 0.717) is 0 Å². The van der Waals surface area contributed by atoms with Gasteiger partial charge < -0.3 is 0 Å². The molecule has 1 aliphatic carbocycles. The van der Waals surface area contributed by atoms with Crippen LogP contribution in [0.2, 0.25) is 0 Å². The third kappa shape index (κ3) is 14.4. The van der Waals surface area contributed by atoms with Crippen LogP contribution in [-0.2, 0) is 0 Å². The summed E-state index contributed by atoms with van der Waals surface area (Å²) in [6.07, 6.45) is 32.9. The van der Waals surface area contributed by atoms with Crippen LogP contribution in [0.4, 0.5) is 0 Å². The fourth-order valence-electron chi connectivity index (χ4n) is 4.46. The molecule has 0 aromatic rings. The molecule has 0 nitrogen and oxygen atoms in total. The molecular formula is C24H48. The summed E-state index contributed by atoms with van der Waals surface area (Å²) in [6, 6.07) is 0. The minimum Gasteiger partial charge on any atom is -0.0654 e. The normalized spacial score (nSPS) is 15.4. The summed E-state index contributed by atoms with van der Waals surface area (Å²) >= 11 is 0. The van der Waals surface area contributed by atoms with Gasteiger partial charge in [0, 0.05) is 0 Å². The van der Waals surface area contributed by atoms with Gasteiger partial charge in [0.25, 0.3) is 0 Å². The zero-order valence-corrected chi connectivity index (χ0v) is 17.1. The van der Waals surface area contributed by atoms with E-state index < -0.39 is 0 Å². The van der Waals surface area contributed by atoms with Gasteiger partial charge in [-0.25, -0.2) is 0 Å². The van der Waals surface area contributed by atoms with E-state index in [2.05, 4.69) is 6.92 Å². The third-order valence-electron chi connectivity index (χ3n) is 6.19. The molecule has 0 spiro atoms. The third-order valence-corrected chi connectivity index (χ3v) is 6.19. The predicted molar refractivity (Wildman–Crippen MR) is 111 cm³/mol. The summed E-state index contributed by atoms with van der Waals surface area (Å²) in [4.78, 5) is 0. The van der Waals surface area contributed by atoms with Crippen LogP contribution in [0.15, 0.2) is 0 Å². The Hall–Kier alpha value is 0. The van der Waals surface area contributed by atoms with Gasteiger partial charge in [0.1, 0.15) is 0 Å². The maximum Gasteiger partial charge on any atom is -0.0414 e. The minimum absolute atomic E-state index is 1.11. The van der Waals surface area contributed by atoms with Crippen LogP contribution in [0.3, 0.4) is 0 Å². The molecule has 0 amide bonds. The molecule has 144 valence electrons.